The van der Waals surface area contributed by atoms with Crippen LogP contribution in [0.25, 0.3) is 10.9 Å². The standard InChI is InChI=1S/C69H91N11O11/c1-16-46-23-19-20-26-53(46)80(38-47-24-18-17-22-43(47)6)57(82)34-33-56(81)76-58(42(4)5)62(84)75-52(25-21-35-72-66(70)89)61(83)73-48-29-27-45(28-30-48)40-91-67(90)74-49-31-32-54-50(37-49)51(39-78(54)14)69(11,12)59(71-13)63(85)77-60(68(8,9)10)64(86)79(15)55(41(2)3)36-44(7)65(87)88/h1,17-20,22-24,26-32,36-37,39,41-42,52,55,58-60,71H,21,25,33-35,38,40H2,2-15H3,(H,73,83)(H,74,90)(H,75,84)(H,76,81)(H,77,85)(H,87,88)(H3,70,72,89)/b44-36+/t52-,55+,58-,59?,60+/m0/s1. The van der Waals surface area contributed by atoms with Crippen molar-refractivity contribution in [3.05, 3.63) is 137 Å². The maximum atomic E-state index is 14.5. The number of carboxylic acids is 1. The van der Waals surface area contributed by atoms with Crippen LogP contribution in [-0.2, 0) is 63.9 Å². The molecule has 22 nitrogen and oxygen atoms in total. The number of carbonyl (C=O) groups excluding carboxylic acids is 8. The van der Waals surface area contributed by atoms with E-state index in [0.29, 0.717) is 28.2 Å². The highest BCUT2D eigenvalue weighted by Gasteiger charge is 2.43. The van der Waals surface area contributed by atoms with Gasteiger partial charge in [0.25, 0.3) is 0 Å². The molecule has 0 saturated heterocycles. The predicted octanol–water partition coefficient (Wildman–Crippen LogP) is 8.15. The SMILES string of the molecule is C#Cc1ccccc1N(Cc1ccccc1C)C(=O)CCC(=O)N[C@H](C(=O)N[C@@H](CCCNC(N)=O)C(=O)Nc1ccc(COC(=O)Nc2ccc3c(c2)c(C(C)(C)C(NC)C(=O)N[C@H](C(=O)N(C)[C@H](/C=C(\C)C(=O)O)C(C)C)C(C)(C)C)cn3C)cc1)C(C)C. The molecule has 0 saturated carbocycles. The van der Waals surface area contributed by atoms with E-state index >= 15 is 0 Å². The van der Waals surface area contributed by atoms with E-state index in [9.17, 15) is 48.3 Å². The summed E-state index contributed by atoms with van der Waals surface area (Å²) in [6.45, 7) is 20.2. The first-order valence-electron chi connectivity index (χ1n) is 30.4. The van der Waals surface area contributed by atoms with Crippen molar-refractivity contribution >= 4 is 81.5 Å². The number of urea groups is 1. The van der Waals surface area contributed by atoms with E-state index in [0.717, 1.165) is 27.6 Å². The first-order valence-corrected chi connectivity index (χ1v) is 30.4. The van der Waals surface area contributed by atoms with Crippen molar-refractivity contribution in [2.75, 3.05) is 36.2 Å². The summed E-state index contributed by atoms with van der Waals surface area (Å²) in [6.07, 6.45) is 8.42. The van der Waals surface area contributed by atoms with Crippen molar-refractivity contribution in [2.24, 2.45) is 30.0 Å². The number of primary amides is 1. The van der Waals surface area contributed by atoms with Crippen molar-refractivity contribution in [3.63, 3.8) is 0 Å². The number of benzene rings is 4. The molecule has 488 valence electrons. The molecule has 0 bridgehead atoms. The average molecular weight is 1250 g/mol. The number of rotatable bonds is 29. The number of hydrogen-bond acceptors (Lipinski definition) is 11. The largest absolute Gasteiger partial charge is 0.478 e. The fourth-order valence-corrected chi connectivity index (χ4v) is 10.8. The van der Waals surface area contributed by atoms with Gasteiger partial charge in [-0.15, -0.1) is 6.42 Å². The van der Waals surface area contributed by atoms with E-state index in [1.165, 1.54) is 11.8 Å². The molecule has 1 unspecified atom stereocenters. The quantitative estimate of drug-likeness (QED) is 0.0124. The van der Waals surface area contributed by atoms with E-state index < -0.39 is 88.7 Å². The molecule has 4 aromatic carbocycles. The molecule has 0 spiro atoms. The van der Waals surface area contributed by atoms with Crippen molar-refractivity contribution in [3.8, 4) is 12.3 Å². The molecule has 5 rings (SSSR count). The van der Waals surface area contributed by atoms with Crippen LogP contribution in [0, 0.1) is 36.5 Å². The molecule has 0 aliphatic rings. The number of nitrogens with one attached hydrogen (secondary N) is 7. The van der Waals surface area contributed by atoms with Crippen LogP contribution in [0.5, 0.6) is 0 Å². The van der Waals surface area contributed by atoms with Crippen LogP contribution in [0.3, 0.4) is 0 Å². The van der Waals surface area contributed by atoms with Gasteiger partial charge in [0.2, 0.25) is 35.4 Å². The highest BCUT2D eigenvalue weighted by molar-refractivity contribution is 6.00. The number of carboxylic acid groups (broad SMARTS) is 1. The molecular weight excluding hydrogens is 1160 g/mol. The Morgan fingerprint density at radius 3 is 2.04 bits per heavy atom. The molecule has 0 fully saturated rings. The van der Waals surface area contributed by atoms with Gasteiger partial charge < -0.3 is 61.8 Å². The zero-order chi connectivity index (χ0) is 67.7. The number of nitrogens with two attached hydrogens (primary N) is 1. The van der Waals surface area contributed by atoms with E-state index in [4.69, 9.17) is 16.9 Å². The molecule has 91 heavy (non-hydrogen) atoms. The molecule has 1 aromatic heterocycles. The molecule has 0 aliphatic heterocycles. The average Bonchev–Trinajstić information content (AvgIpc) is 1.66. The smallest absolute Gasteiger partial charge is 0.411 e. The van der Waals surface area contributed by atoms with E-state index in [1.54, 1.807) is 99.6 Å². The second kappa shape index (κ2) is 32.3. The van der Waals surface area contributed by atoms with Crippen molar-refractivity contribution in [1.29, 1.82) is 0 Å². The maximum Gasteiger partial charge on any atom is 0.411 e. The van der Waals surface area contributed by atoms with E-state index in [-0.39, 0.29) is 68.7 Å². The Hall–Kier alpha value is -9.49. The molecule has 5 atom stereocenters. The van der Waals surface area contributed by atoms with Crippen LogP contribution in [0.4, 0.5) is 26.7 Å². The first-order chi connectivity index (χ1) is 42.8. The van der Waals surface area contributed by atoms with Gasteiger partial charge in [-0.1, -0.05) is 123 Å². The Labute approximate surface area is 534 Å². The normalized spacial score (nSPS) is 13.4. The summed E-state index contributed by atoms with van der Waals surface area (Å²) < 4.78 is 7.54. The Balaban J connectivity index is 1.23. The van der Waals surface area contributed by atoms with Crippen LogP contribution in [-0.4, -0.2) is 119 Å². The minimum atomic E-state index is -1.14. The number of nitrogens with zero attached hydrogens (tertiary/aromatic N) is 3. The van der Waals surface area contributed by atoms with Gasteiger partial charge in [-0.3, -0.25) is 34.1 Å². The number of para-hydroxylation sites is 1. The minimum Gasteiger partial charge on any atom is -0.478 e. The number of aromatic nitrogens is 1. The van der Waals surface area contributed by atoms with Crippen LogP contribution >= 0.6 is 0 Å². The summed E-state index contributed by atoms with van der Waals surface area (Å²) in [5, 5.41) is 30.2. The number of anilines is 3. The van der Waals surface area contributed by atoms with Gasteiger partial charge in [0, 0.05) is 78.5 Å². The van der Waals surface area contributed by atoms with Gasteiger partial charge in [0.15, 0.2) is 0 Å². The highest BCUT2D eigenvalue weighted by atomic mass is 16.5. The van der Waals surface area contributed by atoms with Crippen molar-refractivity contribution < 1.29 is 53.0 Å². The number of ether oxygens (including phenoxy) is 1. The summed E-state index contributed by atoms with van der Waals surface area (Å²) >= 11 is 0. The number of aliphatic carboxylic acids is 1. The fraction of sp³-hybridized carbons (Fsp3) is 0.435. The summed E-state index contributed by atoms with van der Waals surface area (Å²) in [7, 11) is 5.15. The van der Waals surface area contributed by atoms with Gasteiger partial charge in [-0.2, -0.15) is 0 Å². The van der Waals surface area contributed by atoms with Gasteiger partial charge in [-0.25, -0.2) is 14.4 Å². The molecule has 0 radical (unpaired) electrons. The molecule has 1 heterocycles. The zero-order valence-corrected chi connectivity index (χ0v) is 54.8. The van der Waals surface area contributed by atoms with Crippen molar-refractivity contribution in [2.45, 2.75) is 151 Å². The van der Waals surface area contributed by atoms with Crippen LogP contribution in [0.1, 0.15) is 123 Å². The molecule has 5 aromatic rings. The van der Waals surface area contributed by atoms with E-state index in [1.807, 2.05) is 104 Å². The third kappa shape index (κ3) is 19.8. The summed E-state index contributed by atoms with van der Waals surface area (Å²) in [5.74, 6) is -1.96. The maximum absolute atomic E-state index is 14.5. The third-order valence-electron chi connectivity index (χ3n) is 16.1. The topological polar surface area (TPSA) is 305 Å². The number of carbonyl (C=O) groups is 9. The number of aryl methyl sites for hydroxylation is 2. The second-order valence-corrected chi connectivity index (χ2v) is 25.2. The lowest BCUT2D eigenvalue weighted by Crippen LogP contribution is -2.61. The number of terminal acetylenes is 1. The van der Waals surface area contributed by atoms with Gasteiger partial charge >= 0.3 is 18.1 Å². The van der Waals surface area contributed by atoms with Crippen molar-refractivity contribution in [1.82, 2.24) is 36.1 Å². The molecule has 9 amide bonds. The third-order valence-corrected chi connectivity index (χ3v) is 16.1. The molecule has 0 aliphatic carbocycles. The first kappa shape index (κ1) is 72.3. The van der Waals surface area contributed by atoms with Crippen LogP contribution in [0.2, 0.25) is 0 Å². The summed E-state index contributed by atoms with van der Waals surface area (Å²) in [6, 6.07) is 21.2. The predicted molar refractivity (Wildman–Crippen MR) is 353 cm³/mol. The van der Waals surface area contributed by atoms with Gasteiger partial charge in [0.05, 0.1) is 24.3 Å². The Kier molecular flexibility index (Phi) is 25.7. The van der Waals surface area contributed by atoms with E-state index in [2.05, 4.69) is 43.1 Å². The van der Waals surface area contributed by atoms with Gasteiger partial charge in [0.1, 0.15) is 24.7 Å². The molecular formula is C69H91N11O11. The Morgan fingerprint density at radius 2 is 1.44 bits per heavy atom. The number of fused-ring (bicyclic) bond motifs is 1. The highest BCUT2D eigenvalue weighted by Crippen LogP contribution is 2.37. The fourth-order valence-electron chi connectivity index (χ4n) is 10.8. The molecule has 10 N–H and O–H groups in total. The second-order valence-electron chi connectivity index (χ2n) is 25.2. The number of hydrogen-bond donors (Lipinski definition) is 9. The number of amides is 9. The number of likely N-dealkylation sites (N-methyl/N-ethyl adjacent to an activating group) is 2. The molecule has 22 heteroatoms. The zero-order valence-electron chi connectivity index (χ0n) is 54.8. The lowest BCUT2D eigenvalue weighted by Gasteiger charge is -2.39. The Bertz CT molecular complexity index is 3520. The van der Waals surface area contributed by atoms with Crippen LogP contribution < -0.4 is 47.9 Å². The van der Waals surface area contributed by atoms with Crippen LogP contribution in [0.15, 0.2) is 109 Å². The summed E-state index contributed by atoms with van der Waals surface area (Å²) in [4.78, 5) is 124. The Morgan fingerprint density at radius 1 is 0.791 bits per heavy atom. The monoisotopic (exact) mass is 1250 g/mol. The summed E-state index contributed by atoms with van der Waals surface area (Å²) in [5.41, 5.74) is 9.58. The lowest BCUT2D eigenvalue weighted by molar-refractivity contribution is -0.141. The minimum absolute atomic E-state index is 0.0729. The van der Waals surface area contributed by atoms with Gasteiger partial charge in [-0.05, 0) is 116 Å². The lowest BCUT2D eigenvalue weighted by atomic mass is 9.76.